The summed E-state index contributed by atoms with van der Waals surface area (Å²) < 4.78 is 39.4. The fraction of sp³-hybridized carbons (Fsp3) is 0.244. The van der Waals surface area contributed by atoms with Crippen molar-refractivity contribution in [3.8, 4) is 28.7 Å². The second-order valence-electron chi connectivity index (χ2n) is 13.6. The smallest absolute Gasteiger partial charge is 0.261 e. The lowest BCUT2D eigenvalue weighted by molar-refractivity contribution is 0.0877. The van der Waals surface area contributed by atoms with Gasteiger partial charge in [0.15, 0.2) is 23.0 Å². The van der Waals surface area contributed by atoms with Crippen LogP contribution in [0.3, 0.4) is 0 Å². The lowest BCUT2D eigenvalue weighted by atomic mass is 10.0. The van der Waals surface area contributed by atoms with Crippen LogP contribution in [-0.4, -0.2) is 26.0 Å². The third kappa shape index (κ3) is 7.49. The van der Waals surface area contributed by atoms with Gasteiger partial charge in [0.1, 0.15) is 32.1 Å². The normalized spacial score (nSPS) is 12.4. The first-order valence-electron chi connectivity index (χ1n) is 16.9. The molecule has 256 valence electrons. The van der Waals surface area contributed by atoms with E-state index in [-0.39, 0.29) is 32.3 Å². The zero-order valence-corrected chi connectivity index (χ0v) is 29.6. The Bertz CT molecular complexity index is 2150. The summed E-state index contributed by atoms with van der Waals surface area (Å²) in [5, 5.41) is 1.91. The van der Waals surface area contributed by atoms with E-state index >= 15 is 0 Å². The van der Waals surface area contributed by atoms with Crippen molar-refractivity contribution in [2.24, 2.45) is 0 Å². The largest absolute Gasteiger partial charge is 0.485 e. The Morgan fingerprint density at radius 1 is 0.640 bits per heavy atom. The van der Waals surface area contributed by atoms with E-state index in [1.807, 2.05) is 103 Å². The number of nitrogens with zero attached hydrogens (tertiary/aromatic N) is 1. The average molecular weight is 688 g/mol. The summed E-state index contributed by atoms with van der Waals surface area (Å²) >= 11 is 0. The fourth-order valence-electron chi connectivity index (χ4n) is 5.90. The Labute approximate surface area is 292 Å². The van der Waals surface area contributed by atoms with Crippen LogP contribution in [0.2, 0.25) is 25.7 Å². The van der Waals surface area contributed by atoms with E-state index < -0.39 is 8.07 Å². The number of hydrogen-bond donors (Lipinski definition) is 0. The van der Waals surface area contributed by atoms with Crippen LogP contribution in [0, 0.1) is 0 Å². The lowest BCUT2D eigenvalue weighted by Gasteiger charge is -2.23. The zero-order chi connectivity index (χ0) is 34.5. The maximum absolute atomic E-state index is 14.5. The van der Waals surface area contributed by atoms with Gasteiger partial charge in [0.25, 0.3) is 5.56 Å². The van der Waals surface area contributed by atoms with Crippen LogP contribution in [0.5, 0.6) is 28.7 Å². The summed E-state index contributed by atoms with van der Waals surface area (Å²) in [4.78, 5) is 14.5. The van der Waals surface area contributed by atoms with E-state index in [4.69, 9.17) is 28.4 Å². The molecule has 0 N–H and O–H groups in total. The Balaban J connectivity index is 1.45. The van der Waals surface area contributed by atoms with Crippen LogP contribution in [0.4, 0.5) is 0 Å². The number of fused-ring (bicyclic) bond motifs is 4. The Morgan fingerprint density at radius 3 is 1.72 bits per heavy atom. The molecule has 0 bridgehead atoms. The number of rotatable bonds is 14. The molecule has 0 saturated heterocycles. The number of hydrogen-bond acceptors (Lipinski definition) is 7. The Hall–Kier alpha value is -5.25. The van der Waals surface area contributed by atoms with Gasteiger partial charge in [0, 0.05) is 25.5 Å². The third-order valence-electron chi connectivity index (χ3n) is 8.63. The van der Waals surface area contributed by atoms with Crippen molar-refractivity contribution in [2.75, 3.05) is 13.4 Å². The van der Waals surface area contributed by atoms with Gasteiger partial charge in [0.05, 0.1) is 5.39 Å². The van der Waals surface area contributed by atoms with Gasteiger partial charge < -0.3 is 28.4 Å². The van der Waals surface area contributed by atoms with E-state index in [9.17, 15) is 4.79 Å². The Morgan fingerprint density at radius 2 is 1.16 bits per heavy atom. The lowest BCUT2D eigenvalue weighted by Crippen LogP contribution is -2.25. The van der Waals surface area contributed by atoms with Gasteiger partial charge >= 0.3 is 0 Å². The van der Waals surface area contributed by atoms with Gasteiger partial charge in [-0.05, 0) is 40.9 Å². The van der Waals surface area contributed by atoms with Crippen LogP contribution in [0.15, 0.2) is 114 Å². The van der Waals surface area contributed by atoms with Gasteiger partial charge in [-0.2, -0.15) is 0 Å². The van der Waals surface area contributed by atoms with Crippen molar-refractivity contribution in [1.29, 1.82) is 0 Å². The maximum atomic E-state index is 14.5. The molecule has 8 nitrogen and oxygen atoms in total. The van der Waals surface area contributed by atoms with Crippen LogP contribution in [-0.2, 0) is 31.3 Å². The minimum Gasteiger partial charge on any atom is -0.485 e. The average Bonchev–Trinajstić information content (AvgIpc) is 3.60. The van der Waals surface area contributed by atoms with E-state index in [0.717, 1.165) is 28.1 Å². The molecule has 0 aliphatic carbocycles. The number of pyridine rings is 1. The standard InChI is InChI=1S/C41H41NO7Si/c1-50(2,3)20-19-44-27-42-38-33(32-21-35-36(49-28-48-35)23-34(32)41(42)43)22-37(45-24-29-13-7-4-8-14-29)39(46-25-30-15-9-5-10-16-30)40(38)47-26-31-17-11-6-12-18-31/h4-18,21-23H,19-20,24-28H2,1-3H3. The van der Waals surface area contributed by atoms with Gasteiger partial charge in [-0.15, -0.1) is 0 Å². The molecule has 1 aliphatic heterocycles. The monoisotopic (exact) mass is 687 g/mol. The van der Waals surface area contributed by atoms with Gasteiger partial charge in [-0.1, -0.05) is 111 Å². The predicted molar refractivity (Wildman–Crippen MR) is 198 cm³/mol. The number of benzene rings is 5. The zero-order valence-electron chi connectivity index (χ0n) is 28.6. The highest BCUT2D eigenvalue weighted by Gasteiger charge is 2.26. The molecule has 0 unspecified atom stereocenters. The van der Waals surface area contributed by atoms with E-state index in [2.05, 4.69) is 19.6 Å². The first-order chi connectivity index (χ1) is 24.3. The molecule has 0 fully saturated rings. The van der Waals surface area contributed by atoms with Gasteiger partial charge in [0.2, 0.25) is 12.5 Å². The minimum atomic E-state index is -1.38. The molecule has 0 amide bonds. The topological polar surface area (TPSA) is 77.4 Å². The predicted octanol–water partition coefficient (Wildman–Crippen LogP) is 8.93. The first kappa shape index (κ1) is 33.3. The van der Waals surface area contributed by atoms with Crippen LogP contribution >= 0.6 is 0 Å². The van der Waals surface area contributed by atoms with E-state index in [1.54, 1.807) is 10.6 Å². The molecular weight excluding hydrogens is 647 g/mol. The second-order valence-corrected chi connectivity index (χ2v) is 19.2. The van der Waals surface area contributed by atoms with Gasteiger partial charge in [-0.3, -0.25) is 9.36 Å². The highest BCUT2D eigenvalue weighted by Crippen LogP contribution is 2.47. The second kappa shape index (κ2) is 14.7. The molecule has 0 saturated carbocycles. The molecule has 1 aromatic heterocycles. The van der Waals surface area contributed by atoms with Crippen molar-refractivity contribution >= 4 is 29.7 Å². The van der Waals surface area contributed by atoms with Crippen molar-refractivity contribution < 1.29 is 28.4 Å². The van der Waals surface area contributed by atoms with Gasteiger partial charge in [-0.25, -0.2) is 0 Å². The van der Waals surface area contributed by atoms with Crippen molar-refractivity contribution in [2.45, 2.75) is 52.2 Å². The summed E-state index contributed by atoms with van der Waals surface area (Å²) in [5.74, 6) is 2.40. The molecule has 9 heteroatoms. The van der Waals surface area contributed by atoms with Crippen molar-refractivity contribution in [3.63, 3.8) is 0 Å². The Kier molecular flexibility index (Phi) is 9.78. The molecule has 6 aromatic rings. The minimum absolute atomic E-state index is 0.0359. The molecule has 7 rings (SSSR count). The quantitative estimate of drug-likeness (QED) is 0.0643. The highest BCUT2D eigenvalue weighted by molar-refractivity contribution is 6.76. The summed E-state index contributed by atoms with van der Waals surface area (Å²) in [6.45, 7) is 8.38. The van der Waals surface area contributed by atoms with Crippen LogP contribution in [0.25, 0.3) is 21.7 Å². The van der Waals surface area contributed by atoms with Crippen LogP contribution in [0.1, 0.15) is 16.7 Å². The molecule has 1 aliphatic rings. The van der Waals surface area contributed by atoms with Crippen LogP contribution < -0.4 is 29.2 Å². The summed E-state index contributed by atoms with van der Waals surface area (Å²) in [6.07, 6.45) is 0. The fourth-order valence-corrected chi connectivity index (χ4v) is 6.66. The summed E-state index contributed by atoms with van der Waals surface area (Å²) in [6, 6.07) is 36.4. The summed E-state index contributed by atoms with van der Waals surface area (Å²) in [5.41, 5.74) is 3.28. The SMILES string of the molecule is C[Si](C)(C)CCOCn1c(=O)c2cc3c(cc2c2cc(OCc4ccccc4)c(OCc4ccccc4)c(OCc4ccccc4)c21)OCO3. The van der Waals surface area contributed by atoms with E-state index in [0.29, 0.717) is 58.3 Å². The van der Waals surface area contributed by atoms with Crippen molar-refractivity contribution in [3.05, 3.63) is 136 Å². The molecule has 2 heterocycles. The molecular formula is C41H41NO7Si. The number of ether oxygens (including phenoxy) is 6. The maximum Gasteiger partial charge on any atom is 0.261 e. The van der Waals surface area contributed by atoms with E-state index in [1.165, 1.54) is 0 Å². The molecule has 5 aromatic carbocycles. The highest BCUT2D eigenvalue weighted by atomic mass is 28.3. The summed E-state index contributed by atoms with van der Waals surface area (Å²) in [7, 11) is -1.38. The third-order valence-corrected chi connectivity index (χ3v) is 10.3. The molecule has 0 atom stereocenters. The molecule has 50 heavy (non-hydrogen) atoms. The first-order valence-corrected chi connectivity index (χ1v) is 20.6. The molecule has 0 spiro atoms. The van der Waals surface area contributed by atoms with Crippen molar-refractivity contribution in [1.82, 2.24) is 4.57 Å². The molecule has 0 radical (unpaired) electrons. The number of aromatic nitrogens is 1.